The second-order valence-electron chi connectivity index (χ2n) is 10.7. The molecule has 1 aliphatic carbocycles. The van der Waals surface area contributed by atoms with Crippen LogP contribution in [0.2, 0.25) is 0 Å². The molecule has 0 spiro atoms. The van der Waals surface area contributed by atoms with Gasteiger partial charge in [-0.05, 0) is 24.7 Å². The van der Waals surface area contributed by atoms with Crippen LogP contribution in [0.1, 0.15) is 64.1 Å². The molecule has 3 heterocycles. The molecule has 1 saturated carbocycles. The van der Waals surface area contributed by atoms with Crippen molar-refractivity contribution >= 4 is 21.7 Å². The van der Waals surface area contributed by atoms with Crippen molar-refractivity contribution in [2.24, 2.45) is 5.41 Å². The SMILES string of the molecule is CC(C)(C)[C@@H](C(=O)N1C[C@H](O)C[C@H]1C(=O)NCCOC1CCS(=O)(=O)C1)n1cc(C2CC2)nn1. The number of β-amino-alcohol motifs (C(OH)–C–C–N with tert-alkyl or cyclic N) is 1. The van der Waals surface area contributed by atoms with Crippen LogP contribution in [0.4, 0.5) is 0 Å². The topological polar surface area (TPSA) is 144 Å². The fourth-order valence-corrected chi connectivity index (χ4v) is 6.35. The molecule has 2 amide bonds. The Morgan fingerprint density at radius 1 is 1.29 bits per heavy atom. The standard InChI is InChI=1S/C22H35N5O6S/c1-22(2,3)19(27-12-17(24-25-27)14-4-5-14)21(30)26-11-15(28)10-18(26)20(29)23-7-8-33-16-6-9-34(31,32)13-16/h12,14-16,18-19,28H,4-11,13H2,1-3H3,(H,23,29)/t15-,16?,18+,19-/m1/s1. The van der Waals surface area contributed by atoms with Crippen molar-refractivity contribution in [2.75, 3.05) is 31.2 Å². The van der Waals surface area contributed by atoms with Crippen molar-refractivity contribution in [3.63, 3.8) is 0 Å². The molecule has 2 N–H and O–H groups in total. The van der Waals surface area contributed by atoms with Gasteiger partial charge in [0.2, 0.25) is 11.8 Å². The number of hydrogen-bond donors (Lipinski definition) is 2. The van der Waals surface area contributed by atoms with Gasteiger partial charge in [-0.15, -0.1) is 5.10 Å². The largest absolute Gasteiger partial charge is 0.391 e. The van der Waals surface area contributed by atoms with Gasteiger partial charge in [0.15, 0.2) is 9.84 Å². The molecule has 2 aliphatic heterocycles. The molecule has 1 aromatic heterocycles. The lowest BCUT2D eigenvalue weighted by Gasteiger charge is -2.34. The summed E-state index contributed by atoms with van der Waals surface area (Å²) in [6.07, 6.45) is 3.46. The summed E-state index contributed by atoms with van der Waals surface area (Å²) >= 11 is 0. The van der Waals surface area contributed by atoms with Crippen molar-refractivity contribution in [1.29, 1.82) is 0 Å². The number of carbonyl (C=O) groups is 2. The Labute approximate surface area is 200 Å². The first-order valence-electron chi connectivity index (χ1n) is 11.9. The summed E-state index contributed by atoms with van der Waals surface area (Å²) < 4.78 is 30.2. The number of sulfone groups is 1. The maximum Gasteiger partial charge on any atom is 0.248 e. The van der Waals surface area contributed by atoms with E-state index < -0.39 is 33.4 Å². The monoisotopic (exact) mass is 497 g/mol. The van der Waals surface area contributed by atoms with E-state index in [0.29, 0.717) is 12.3 Å². The zero-order valence-corrected chi connectivity index (χ0v) is 20.8. The van der Waals surface area contributed by atoms with Crippen LogP contribution in [0.25, 0.3) is 0 Å². The average Bonchev–Trinajstić information content (AvgIpc) is 3.17. The number of rotatable bonds is 8. The molecule has 1 aromatic rings. The molecule has 34 heavy (non-hydrogen) atoms. The highest BCUT2D eigenvalue weighted by molar-refractivity contribution is 7.91. The van der Waals surface area contributed by atoms with E-state index in [1.165, 1.54) is 4.90 Å². The van der Waals surface area contributed by atoms with E-state index >= 15 is 0 Å². The molecule has 2 saturated heterocycles. The van der Waals surface area contributed by atoms with E-state index in [-0.39, 0.29) is 55.5 Å². The number of likely N-dealkylation sites (tertiary alicyclic amines) is 1. The lowest BCUT2D eigenvalue weighted by molar-refractivity contribution is -0.144. The van der Waals surface area contributed by atoms with Crippen LogP contribution in [-0.4, -0.2) is 94.7 Å². The Morgan fingerprint density at radius 3 is 2.65 bits per heavy atom. The molecule has 0 radical (unpaired) electrons. The number of aliphatic hydroxyl groups excluding tert-OH is 1. The number of hydrogen-bond acceptors (Lipinski definition) is 8. The van der Waals surface area contributed by atoms with Gasteiger partial charge in [0, 0.05) is 31.6 Å². The highest BCUT2D eigenvalue weighted by atomic mass is 32.2. The van der Waals surface area contributed by atoms with Gasteiger partial charge in [0.25, 0.3) is 0 Å². The molecule has 4 rings (SSSR count). The van der Waals surface area contributed by atoms with Crippen molar-refractivity contribution in [3.05, 3.63) is 11.9 Å². The maximum atomic E-state index is 13.7. The van der Waals surface area contributed by atoms with Gasteiger partial charge in [-0.3, -0.25) is 9.59 Å². The number of aromatic nitrogens is 3. The lowest BCUT2D eigenvalue weighted by Crippen LogP contribution is -2.50. The van der Waals surface area contributed by atoms with E-state index in [2.05, 4.69) is 15.6 Å². The van der Waals surface area contributed by atoms with Gasteiger partial charge >= 0.3 is 0 Å². The van der Waals surface area contributed by atoms with Gasteiger partial charge in [-0.1, -0.05) is 26.0 Å². The Hall–Kier alpha value is -2.05. The third-order valence-corrected chi connectivity index (χ3v) is 8.39. The van der Waals surface area contributed by atoms with Crippen molar-refractivity contribution < 1.29 is 27.9 Å². The van der Waals surface area contributed by atoms with E-state index in [4.69, 9.17) is 4.74 Å². The zero-order valence-electron chi connectivity index (χ0n) is 20.0. The van der Waals surface area contributed by atoms with Gasteiger partial charge < -0.3 is 20.1 Å². The smallest absolute Gasteiger partial charge is 0.248 e. The van der Waals surface area contributed by atoms with Crippen LogP contribution >= 0.6 is 0 Å². The number of ether oxygens (including phenoxy) is 1. The molecule has 4 atom stereocenters. The second kappa shape index (κ2) is 9.54. The Bertz CT molecular complexity index is 1020. The van der Waals surface area contributed by atoms with E-state index in [1.54, 1.807) is 4.68 Å². The molecule has 11 nitrogen and oxygen atoms in total. The predicted octanol–water partition coefficient (Wildman–Crippen LogP) is 0.0244. The average molecular weight is 498 g/mol. The number of aliphatic hydroxyl groups is 1. The van der Waals surface area contributed by atoms with Crippen molar-refractivity contribution in [1.82, 2.24) is 25.2 Å². The Morgan fingerprint density at radius 2 is 2.03 bits per heavy atom. The van der Waals surface area contributed by atoms with Crippen LogP contribution in [0.5, 0.6) is 0 Å². The second-order valence-corrected chi connectivity index (χ2v) is 13.0. The van der Waals surface area contributed by atoms with Crippen LogP contribution < -0.4 is 5.32 Å². The van der Waals surface area contributed by atoms with Crippen LogP contribution in [0, 0.1) is 5.41 Å². The highest BCUT2D eigenvalue weighted by Gasteiger charge is 2.45. The number of amides is 2. The molecular weight excluding hydrogens is 462 g/mol. The first kappa shape index (κ1) is 25.1. The highest BCUT2D eigenvalue weighted by Crippen LogP contribution is 2.40. The molecule has 0 bridgehead atoms. The number of carbonyl (C=O) groups excluding carboxylic acids is 2. The summed E-state index contributed by atoms with van der Waals surface area (Å²) in [7, 11) is -3.02. The maximum absolute atomic E-state index is 13.7. The summed E-state index contributed by atoms with van der Waals surface area (Å²) in [6.45, 7) is 6.27. The van der Waals surface area contributed by atoms with Crippen LogP contribution in [-0.2, 0) is 24.2 Å². The normalized spacial score (nSPS) is 27.6. The zero-order chi connectivity index (χ0) is 24.7. The molecule has 3 fully saturated rings. The van der Waals surface area contributed by atoms with Gasteiger partial charge in [-0.25, -0.2) is 13.1 Å². The van der Waals surface area contributed by atoms with E-state index in [9.17, 15) is 23.1 Å². The summed E-state index contributed by atoms with van der Waals surface area (Å²) in [6, 6.07) is -1.47. The van der Waals surface area contributed by atoms with Crippen LogP contribution in [0.3, 0.4) is 0 Å². The Balaban J connectivity index is 1.38. The predicted molar refractivity (Wildman–Crippen MR) is 123 cm³/mol. The number of nitrogens with one attached hydrogen (secondary N) is 1. The van der Waals surface area contributed by atoms with Crippen molar-refractivity contribution in [2.45, 2.75) is 76.7 Å². The van der Waals surface area contributed by atoms with Crippen molar-refractivity contribution in [3.8, 4) is 0 Å². The Kier molecular flexibility index (Phi) is 7.03. The third-order valence-electron chi connectivity index (χ3n) is 6.65. The fraction of sp³-hybridized carbons (Fsp3) is 0.818. The first-order valence-corrected chi connectivity index (χ1v) is 13.8. The molecule has 12 heteroatoms. The molecule has 190 valence electrons. The summed E-state index contributed by atoms with van der Waals surface area (Å²) in [5, 5.41) is 21.5. The molecule has 1 unspecified atom stereocenters. The third kappa shape index (κ3) is 5.77. The number of nitrogens with zero attached hydrogens (tertiary/aromatic N) is 4. The van der Waals surface area contributed by atoms with Gasteiger partial charge in [0.05, 0.1) is 36.0 Å². The van der Waals surface area contributed by atoms with E-state index in [0.717, 1.165) is 18.5 Å². The van der Waals surface area contributed by atoms with Crippen LogP contribution in [0.15, 0.2) is 6.20 Å². The summed E-state index contributed by atoms with van der Waals surface area (Å²) in [5.41, 5.74) is 0.392. The minimum absolute atomic E-state index is 0.0109. The summed E-state index contributed by atoms with van der Waals surface area (Å²) in [4.78, 5) is 28.0. The fourth-order valence-electron chi connectivity index (χ4n) is 4.74. The van der Waals surface area contributed by atoms with E-state index in [1.807, 2.05) is 27.0 Å². The van der Waals surface area contributed by atoms with Gasteiger partial charge in [-0.2, -0.15) is 0 Å². The van der Waals surface area contributed by atoms with Gasteiger partial charge in [0.1, 0.15) is 12.1 Å². The molecule has 3 aliphatic rings. The minimum Gasteiger partial charge on any atom is -0.391 e. The lowest BCUT2D eigenvalue weighted by atomic mass is 9.85. The molecule has 0 aromatic carbocycles. The minimum atomic E-state index is -3.02. The molecular formula is C22H35N5O6S. The first-order chi connectivity index (χ1) is 15.9. The summed E-state index contributed by atoms with van der Waals surface area (Å²) in [5.74, 6) is -0.0922. The quantitative estimate of drug-likeness (QED) is 0.479.